The Labute approximate surface area is 118 Å². The zero-order chi connectivity index (χ0) is 14.7. The summed E-state index contributed by atoms with van der Waals surface area (Å²) in [4.78, 5) is 24.6. The van der Waals surface area contributed by atoms with Crippen LogP contribution in [0, 0.1) is 11.8 Å². The Morgan fingerprint density at radius 2 is 1.90 bits per heavy atom. The predicted octanol–water partition coefficient (Wildman–Crippen LogP) is 1.75. The van der Waals surface area contributed by atoms with Gasteiger partial charge in [-0.15, -0.1) is 0 Å². The molecule has 2 amide bonds. The number of anilines is 1. The summed E-state index contributed by atoms with van der Waals surface area (Å²) >= 11 is 0. The highest BCUT2D eigenvalue weighted by molar-refractivity contribution is 5.94. The van der Waals surface area contributed by atoms with Crippen LogP contribution in [0.2, 0.25) is 0 Å². The molecule has 2 atom stereocenters. The van der Waals surface area contributed by atoms with Gasteiger partial charge in [0.1, 0.15) is 5.75 Å². The molecule has 0 heterocycles. The molecule has 1 aromatic carbocycles. The van der Waals surface area contributed by atoms with Crippen molar-refractivity contribution in [3.63, 3.8) is 0 Å². The molecule has 1 fully saturated rings. The maximum absolute atomic E-state index is 11.8. The fourth-order valence-electron chi connectivity index (χ4n) is 1.83. The van der Waals surface area contributed by atoms with Crippen LogP contribution in [0.25, 0.3) is 0 Å². The molecule has 1 aliphatic rings. The summed E-state index contributed by atoms with van der Waals surface area (Å²) in [7, 11) is 3.37. The second-order valence-corrected chi connectivity index (χ2v) is 5.41. The van der Waals surface area contributed by atoms with E-state index in [4.69, 9.17) is 4.74 Å². The SMILES string of the molecule is C[C@H]1C[C@H]1C(=O)Nc1ccc(OCC(=O)N(C)C)cc1. The fourth-order valence-corrected chi connectivity index (χ4v) is 1.83. The smallest absolute Gasteiger partial charge is 0.259 e. The molecule has 0 spiro atoms. The number of nitrogens with zero attached hydrogens (tertiary/aromatic N) is 1. The number of hydrogen-bond donors (Lipinski definition) is 1. The Hall–Kier alpha value is -2.04. The van der Waals surface area contributed by atoms with Crippen molar-refractivity contribution in [2.45, 2.75) is 13.3 Å². The van der Waals surface area contributed by atoms with Gasteiger partial charge in [0.2, 0.25) is 5.91 Å². The molecule has 5 nitrogen and oxygen atoms in total. The van der Waals surface area contributed by atoms with Crippen LogP contribution in [0.4, 0.5) is 5.69 Å². The zero-order valence-corrected chi connectivity index (χ0v) is 12.1. The molecule has 2 rings (SSSR count). The maximum Gasteiger partial charge on any atom is 0.259 e. The number of nitrogens with one attached hydrogen (secondary N) is 1. The number of ether oxygens (including phenoxy) is 1. The molecule has 1 aromatic rings. The molecule has 0 unspecified atom stereocenters. The van der Waals surface area contributed by atoms with E-state index < -0.39 is 0 Å². The van der Waals surface area contributed by atoms with Gasteiger partial charge in [-0.25, -0.2) is 0 Å². The molecule has 0 saturated heterocycles. The van der Waals surface area contributed by atoms with Gasteiger partial charge in [0.25, 0.3) is 5.91 Å². The maximum atomic E-state index is 11.8. The van der Waals surface area contributed by atoms with Gasteiger partial charge in [-0.3, -0.25) is 9.59 Å². The number of amides is 2. The first-order chi connectivity index (χ1) is 9.47. The number of carbonyl (C=O) groups is 2. The molecular weight excluding hydrogens is 256 g/mol. The lowest BCUT2D eigenvalue weighted by Gasteiger charge is -2.11. The van der Waals surface area contributed by atoms with Gasteiger partial charge >= 0.3 is 0 Å². The molecule has 20 heavy (non-hydrogen) atoms. The van der Waals surface area contributed by atoms with Crippen molar-refractivity contribution >= 4 is 17.5 Å². The summed E-state index contributed by atoms with van der Waals surface area (Å²) in [6, 6.07) is 7.05. The largest absolute Gasteiger partial charge is 0.484 e. The summed E-state index contributed by atoms with van der Waals surface area (Å²) < 4.78 is 5.36. The Morgan fingerprint density at radius 3 is 2.40 bits per heavy atom. The lowest BCUT2D eigenvalue weighted by molar-refractivity contribution is -0.130. The summed E-state index contributed by atoms with van der Waals surface area (Å²) in [5, 5.41) is 2.87. The monoisotopic (exact) mass is 276 g/mol. The highest BCUT2D eigenvalue weighted by Crippen LogP contribution is 2.38. The van der Waals surface area contributed by atoms with Crippen molar-refractivity contribution in [3.8, 4) is 5.75 Å². The van der Waals surface area contributed by atoms with Gasteiger partial charge in [0.15, 0.2) is 6.61 Å². The van der Waals surface area contributed by atoms with Gasteiger partial charge < -0.3 is 15.0 Å². The molecule has 5 heteroatoms. The minimum Gasteiger partial charge on any atom is -0.484 e. The fraction of sp³-hybridized carbons (Fsp3) is 0.467. The molecule has 1 N–H and O–H groups in total. The normalized spacial score (nSPS) is 20.1. The van der Waals surface area contributed by atoms with Crippen LogP contribution in [0.3, 0.4) is 0 Å². The van der Waals surface area contributed by atoms with Crippen molar-refractivity contribution in [2.75, 3.05) is 26.0 Å². The minimum atomic E-state index is -0.0925. The quantitative estimate of drug-likeness (QED) is 0.891. The lowest BCUT2D eigenvalue weighted by Crippen LogP contribution is -2.27. The van der Waals surface area contributed by atoms with Gasteiger partial charge in [-0.05, 0) is 36.6 Å². The Bertz CT molecular complexity index is 496. The number of likely N-dealkylation sites (N-methyl/N-ethyl adjacent to an activating group) is 1. The second-order valence-electron chi connectivity index (χ2n) is 5.41. The van der Waals surface area contributed by atoms with E-state index in [0.717, 1.165) is 12.1 Å². The van der Waals surface area contributed by atoms with Crippen LogP contribution in [0.5, 0.6) is 5.75 Å². The predicted molar refractivity (Wildman–Crippen MR) is 76.5 cm³/mol. The molecule has 0 bridgehead atoms. The van der Waals surface area contributed by atoms with Crippen molar-refractivity contribution in [1.29, 1.82) is 0 Å². The number of carbonyl (C=O) groups excluding carboxylic acids is 2. The standard InChI is InChI=1S/C15H20N2O3/c1-10-8-13(10)15(19)16-11-4-6-12(7-5-11)20-9-14(18)17(2)3/h4-7,10,13H,8-9H2,1-3H3,(H,16,19)/t10-,13+/m0/s1. The van der Waals surface area contributed by atoms with Gasteiger partial charge in [0, 0.05) is 25.7 Å². The lowest BCUT2D eigenvalue weighted by atomic mass is 10.2. The molecule has 0 radical (unpaired) electrons. The third-order valence-electron chi connectivity index (χ3n) is 3.43. The van der Waals surface area contributed by atoms with Crippen LogP contribution in [-0.2, 0) is 9.59 Å². The molecular formula is C15H20N2O3. The Balaban J connectivity index is 1.83. The van der Waals surface area contributed by atoms with E-state index in [2.05, 4.69) is 12.2 Å². The zero-order valence-electron chi connectivity index (χ0n) is 12.1. The van der Waals surface area contributed by atoms with E-state index >= 15 is 0 Å². The van der Waals surface area contributed by atoms with Crippen molar-refractivity contribution < 1.29 is 14.3 Å². The van der Waals surface area contributed by atoms with Gasteiger partial charge in [-0.2, -0.15) is 0 Å². The highest BCUT2D eigenvalue weighted by Gasteiger charge is 2.38. The Kier molecular flexibility index (Phi) is 4.27. The molecule has 108 valence electrons. The first kappa shape index (κ1) is 14.4. The van der Waals surface area contributed by atoms with E-state index in [1.54, 1.807) is 38.4 Å². The highest BCUT2D eigenvalue weighted by atomic mass is 16.5. The van der Waals surface area contributed by atoms with Crippen molar-refractivity contribution in [2.24, 2.45) is 11.8 Å². The van der Waals surface area contributed by atoms with Crippen LogP contribution in [0.1, 0.15) is 13.3 Å². The summed E-state index contributed by atoms with van der Waals surface area (Å²) in [5.41, 5.74) is 0.750. The molecule has 0 aliphatic heterocycles. The number of benzene rings is 1. The van der Waals surface area contributed by atoms with Crippen LogP contribution < -0.4 is 10.1 Å². The number of rotatable bonds is 5. The van der Waals surface area contributed by atoms with E-state index in [1.807, 2.05) is 0 Å². The molecule has 1 saturated carbocycles. The van der Waals surface area contributed by atoms with Gasteiger partial charge in [-0.1, -0.05) is 6.92 Å². The summed E-state index contributed by atoms with van der Waals surface area (Å²) in [5.74, 6) is 1.25. The summed E-state index contributed by atoms with van der Waals surface area (Å²) in [6.45, 7) is 2.08. The van der Waals surface area contributed by atoms with E-state index in [-0.39, 0.29) is 24.3 Å². The van der Waals surface area contributed by atoms with E-state index in [0.29, 0.717) is 11.7 Å². The Morgan fingerprint density at radius 1 is 1.30 bits per heavy atom. The first-order valence-corrected chi connectivity index (χ1v) is 6.71. The average molecular weight is 276 g/mol. The summed E-state index contributed by atoms with van der Waals surface area (Å²) in [6.07, 6.45) is 0.972. The topological polar surface area (TPSA) is 58.6 Å². The average Bonchev–Trinajstić information content (AvgIpc) is 3.14. The third kappa shape index (κ3) is 3.73. The molecule has 1 aliphatic carbocycles. The van der Waals surface area contributed by atoms with E-state index in [1.165, 1.54) is 4.90 Å². The van der Waals surface area contributed by atoms with Crippen molar-refractivity contribution in [1.82, 2.24) is 4.90 Å². The minimum absolute atomic E-state index is 0.0122. The second kappa shape index (κ2) is 5.94. The number of hydrogen-bond acceptors (Lipinski definition) is 3. The first-order valence-electron chi connectivity index (χ1n) is 6.71. The third-order valence-corrected chi connectivity index (χ3v) is 3.43. The van der Waals surface area contributed by atoms with E-state index in [9.17, 15) is 9.59 Å². The molecule has 0 aromatic heterocycles. The van der Waals surface area contributed by atoms with Crippen LogP contribution in [0.15, 0.2) is 24.3 Å². The van der Waals surface area contributed by atoms with Crippen LogP contribution >= 0.6 is 0 Å². The van der Waals surface area contributed by atoms with Crippen LogP contribution in [-0.4, -0.2) is 37.4 Å². The van der Waals surface area contributed by atoms with Gasteiger partial charge in [0.05, 0.1) is 0 Å². The van der Waals surface area contributed by atoms with Crippen molar-refractivity contribution in [3.05, 3.63) is 24.3 Å².